The Labute approximate surface area is 247 Å². The number of nitrogens with two attached hydrogens (primary N) is 1. The van der Waals surface area contributed by atoms with Crippen LogP contribution in [0.1, 0.15) is 26.3 Å². The maximum Gasteiger partial charge on any atom is 0.264 e. The Morgan fingerprint density at radius 2 is 1.14 bits per heavy atom. The maximum absolute atomic E-state index is 12.6. The van der Waals surface area contributed by atoms with Gasteiger partial charge in [-0.15, -0.1) is 0 Å². The molecule has 42 heavy (non-hydrogen) atoms. The van der Waals surface area contributed by atoms with Crippen LogP contribution in [0, 0.1) is 0 Å². The summed E-state index contributed by atoms with van der Waals surface area (Å²) >= 11 is 0. The first-order valence-electron chi connectivity index (χ1n) is 14.9. The highest BCUT2D eigenvalue weighted by atomic mass is 16.5. The molecular weight excluding hydrogens is 534 g/mol. The lowest BCUT2D eigenvalue weighted by molar-refractivity contribution is 0.0522. The van der Waals surface area contributed by atoms with Gasteiger partial charge in [-0.1, -0.05) is 24.3 Å². The van der Waals surface area contributed by atoms with E-state index in [1.165, 1.54) is 0 Å². The molecule has 0 spiro atoms. The van der Waals surface area contributed by atoms with E-state index < -0.39 is 0 Å². The van der Waals surface area contributed by atoms with E-state index in [1.807, 2.05) is 24.3 Å². The van der Waals surface area contributed by atoms with Crippen molar-refractivity contribution >= 4 is 11.8 Å². The minimum Gasteiger partial charge on any atom is -0.473 e. The molecule has 4 heterocycles. The Morgan fingerprint density at radius 3 is 1.62 bits per heavy atom. The molecule has 2 amide bonds. The topological polar surface area (TPSA) is 157 Å². The Bertz CT molecular complexity index is 1110. The van der Waals surface area contributed by atoms with Crippen LogP contribution in [0.25, 0.3) is 0 Å². The Balaban J connectivity index is 1.19. The average molecular weight is 580 g/mol. The van der Waals surface area contributed by atoms with Crippen LogP contribution in [0.15, 0.2) is 48.5 Å². The molecule has 9 N–H and O–H groups in total. The summed E-state index contributed by atoms with van der Waals surface area (Å²) < 4.78 is 5.82. The molecule has 3 saturated heterocycles. The van der Waals surface area contributed by atoms with Crippen molar-refractivity contribution in [3.63, 3.8) is 0 Å². The summed E-state index contributed by atoms with van der Waals surface area (Å²) in [5.74, 6) is -0.0519. The molecule has 0 atom stereocenters. The number of hydrogen-bond acceptors (Lipinski definition) is 11. The van der Waals surface area contributed by atoms with Crippen molar-refractivity contribution in [2.45, 2.75) is 17.6 Å². The van der Waals surface area contributed by atoms with Crippen molar-refractivity contribution in [2.75, 3.05) is 85.3 Å². The van der Waals surface area contributed by atoms with Crippen molar-refractivity contribution in [3.8, 4) is 5.75 Å². The second kappa shape index (κ2) is 14.5. The van der Waals surface area contributed by atoms with Crippen molar-refractivity contribution in [3.05, 3.63) is 65.2 Å². The van der Waals surface area contributed by atoms with Crippen LogP contribution in [-0.4, -0.2) is 113 Å². The van der Waals surface area contributed by atoms with Crippen LogP contribution in [0.5, 0.6) is 5.75 Å². The largest absolute Gasteiger partial charge is 0.473 e. The Hall–Kier alpha value is -2.94. The third kappa shape index (κ3) is 7.91. The zero-order valence-corrected chi connectivity index (χ0v) is 24.3. The number of rotatable bonds is 6. The zero-order chi connectivity index (χ0) is 29.3. The molecule has 12 heteroatoms. The standard InChI is InChI=1S/C30H45N9O3/c31-29-16-32-9-12-35-19-30(20-36-13-10-33-17-29,21-37-14-11-34-18-29)38-15-23-5-7-24(8-6-23)42-22-39-27(40)25-3-1-2-4-26(25)28(39)41/h1-8,32-38H,9-22,31H2. The fourth-order valence-electron chi connectivity index (χ4n) is 5.58. The number of nitrogens with one attached hydrogen (secondary N) is 7. The molecule has 6 rings (SSSR count). The van der Waals surface area contributed by atoms with Gasteiger partial charge in [0.15, 0.2) is 6.73 Å². The molecule has 0 aliphatic carbocycles. The first kappa shape index (κ1) is 30.5. The van der Waals surface area contributed by atoms with Crippen LogP contribution in [-0.2, 0) is 6.54 Å². The monoisotopic (exact) mass is 579 g/mol. The predicted molar refractivity (Wildman–Crippen MR) is 163 cm³/mol. The first-order valence-corrected chi connectivity index (χ1v) is 14.9. The Morgan fingerprint density at radius 1 is 0.690 bits per heavy atom. The maximum atomic E-state index is 12.6. The molecule has 2 aromatic carbocycles. The molecule has 2 bridgehead atoms. The van der Waals surface area contributed by atoms with Gasteiger partial charge in [0.2, 0.25) is 0 Å². The number of carbonyl (C=O) groups excluding carboxylic acids is 2. The quantitative estimate of drug-likeness (QED) is 0.187. The molecule has 228 valence electrons. The van der Waals surface area contributed by atoms with E-state index in [9.17, 15) is 9.59 Å². The number of carbonyl (C=O) groups is 2. The SMILES string of the molecule is NC12CNCCNCC(NCc3ccc(OCN4C(=O)c5ccccc5C4=O)cc3)(CNCCNC1)CNCCNC2. The fraction of sp³-hybridized carbons (Fsp3) is 0.533. The predicted octanol–water partition coefficient (Wildman–Crippen LogP) is -1.59. The second-order valence-electron chi connectivity index (χ2n) is 11.6. The number of fused-ring (bicyclic) bond motifs is 16. The molecule has 12 nitrogen and oxygen atoms in total. The van der Waals surface area contributed by atoms with Gasteiger partial charge in [-0.25, -0.2) is 4.90 Å². The number of hydrogen-bond donors (Lipinski definition) is 8. The lowest BCUT2D eigenvalue weighted by Gasteiger charge is -2.37. The molecular formula is C30H45N9O3. The Kier molecular flexibility index (Phi) is 10.5. The van der Waals surface area contributed by atoms with Gasteiger partial charge in [0.25, 0.3) is 11.8 Å². The van der Waals surface area contributed by atoms with E-state index in [-0.39, 0.29) is 29.6 Å². The second-order valence-corrected chi connectivity index (χ2v) is 11.6. The zero-order valence-electron chi connectivity index (χ0n) is 24.3. The van der Waals surface area contributed by atoms with Gasteiger partial charge in [0.1, 0.15) is 5.75 Å². The highest BCUT2D eigenvalue weighted by Gasteiger charge is 2.35. The van der Waals surface area contributed by atoms with E-state index in [1.54, 1.807) is 24.3 Å². The molecule has 4 aliphatic heterocycles. The summed E-state index contributed by atoms with van der Waals surface area (Å²) in [6.45, 7) is 10.3. The number of amides is 2. The summed E-state index contributed by atoms with van der Waals surface area (Å²) in [7, 11) is 0. The number of nitrogens with zero attached hydrogens (tertiary/aromatic N) is 1. The molecule has 3 fully saturated rings. The number of ether oxygens (including phenoxy) is 1. The normalized spacial score (nSPS) is 26.5. The van der Waals surface area contributed by atoms with Crippen molar-refractivity contribution in [2.24, 2.45) is 5.73 Å². The fourth-order valence-corrected chi connectivity index (χ4v) is 5.58. The molecule has 2 aromatic rings. The summed E-state index contributed by atoms with van der Waals surface area (Å²) in [6.07, 6.45) is 0. The number of imide groups is 1. The minimum atomic E-state index is -0.338. The van der Waals surface area contributed by atoms with Crippen LogP contribution in [0.2, 0.25) is 0 Å². The van der Waals surface area contributed by atoms with Crippen LogP contribution in [0.3, 0.4) is 0 Å². The van der Waals surface area contributed by atoms with Crippen molar-refractivity contribution < 1.29 is 14.3 Å². The van der Waals surface area contributed by atoms with E-state index in [2.05, 4.69) is 37.2 Å². The number of benzene rings is 2. The third-order valence-corrected chi connectivity index (χ3v) is 8.09. The van der Waals surface area contributed by atoms with Gasteiger partial charge in [-0.2, -0.15) is 0 Å². The average Bonchev–Trinajstić information content (AvgIpc) is 3.25. The van der Waals surface area contributed by atoms with Gasteiger partial charge in [0.05, 0.1) is 22.2 Å². The van der Waals surface area contributed by atoms with Crippen molar-refractivity contribution in [1.29, 1.82) is 0 Å². The minimum absolute atomic E-state index is 0.124. The summed E-state index contributed by atoms with van der Waals surface area (Å²) in [6, 6.07) is 14.6. The van der Waals surface area contributed by atoms with Gasteiger partial charge in [-0.3, -0.25) is 9.59 Å². The van der Waals surface area contributed by atoms with Crippen LogP contribution in [0.4, 0.5) is 0 Å². The van der Waals surface area contributed by atoms with Crippen LogP contribution >= 0.6 is 0 Å². The van der Waals surface area contributed by atoms with E-state index >= 15 is 0 Å². The van der Waals surface area contributed by atoms with Gasteiger partial charge < -0.3 is 47.7 Å². The third-order valence-electron chi connectivity index (χ3n) is 8.09. The summed E-state index contributed by atoms with van der Waals surface area (Å²) in [5.41, 5.74) is 8.10. The van der Waals surface area contributed by atoms with E-state index in [0.29, 0.717) is 23.4 Å². The highest BCUT2D eigenvalue weighted by molar-refractivity contribution is 6.21. The highest BCUT2D eigenvalue weighted by Crippen LogP contribution is 2.23. The van der Waals surface area contributed by atoms with Crippen molar-refractivity contribution in [1.82, 2.24) is 42.1 Å². The van der Waals surface area contributed by atoms with Gasteiger partial charge in [0, 0.05) is 85.1 Å². The molecule has 0 saturated carbocycles. The lowest BCUT2D eigenvalue weighted by Crippen LogP contribution is -2.66. The first-order chi connectivity index (χ1) is 20.5. The molecule has 4 aliphatic rings. The summed E-state index contributed by atoms with van der Waals surface area (Å²) in [5, 5.41) is 25.4. The van der Waals surface area contributed by atoms with Crippen LogP contribution < -0.4 is 47.7 Å². The lowest BCUT2D eigenvalue weighted by atomic mass is 9.97. The molecule has 0 aromatic heterocycles. The van der Waals surface area contributed by atoms with Gasteiger partial charge in [-0.05, 0) is 29.8 Å². The summed E-state index contributed by atoms with van der Waals surface area (Å²) in [4.78, 5) is 26.4. The van der Waals surface area contributed by atoms with Gasteiger partial charge >= 0.3 is 0 Å². The van der Waals surface area contributed by atoms with E-state index in [4.69, 9.17) is 10.5 Å². The smallest absolute Gasteiger partial charge is 0.264 e. The molecule has 0 unspecified atom stereocenters. The van der Waals surface area contributed by atoms with E-state index in [0.717, 1.165) is 89.0 Å². The molecule has 0 radical (unpaired) electrons.